The van der Waals surface area contributed by atoms with E-state index in [1.165, 1.54) is 24.3 Å². The number of hydrogen-bond donors (Lipinski definition) is 1. The lowest BCUT2D eigenvalue weighted by Gasteiger charge is -2.26. The molecule has 2 unspecified atom stereocenters. The molecule has 0 saturated carbocycles. The van der Waals surface area contributed by atoms with Crippen LogP contribution in [0.1, 0.15) is 41.3 Å². The molecule has 1 N–H and O–H groups in total. The zero-order chi connectivity index (χ0) is 23.3. The first-order valence-electron chi connectivity index (χ1n) is 10.5. The molecule has 0 aliphatic heterocycles. The molecule has 1 amide bonds. The minimum absolute atomic E-state index is 0.242. The van der Waals surface area contributed by atoms with Crippen molar-refractivity contribution in [1.29, 1.82) is 0 Å². The van der Waals surface area contributed by atoms with Crippen LogP contribution in [0, 0.1) is 24.6 Å². The van der Waals surface area contributed by atoms with Gasteiger partial charge in [0.05, 0.1) is 5.92 Å². The lowest BCUT2D eigenvalue weighted by atomic mass is 9.75. The Hall–Kier alpha value is -3.60. The maximum absolute atomic E-state index is 13.6. The molecule has 3 aromatic rings. The lowest BCUT2D eigenvalue weighted by molar-refractivity contribution is -0.133. The van der Waals surface area contributed by atoms with Gasteiger partial charge >= 0.3 is 0 Å². The van der Waals surface area contributed by atoms with E-state index in [2.05, 4.69) is 5.32 Å². The first-order chi connectivity index (χ1) is 15.3. The second-order valence-corrected chi connectivity index (χ2v) is 8.15. The molecule has 0 aliphatic rings. The summed E-state index contributed by atoms with van der Waals surface area (Å²) in [4.78, 5) is 40.3. The van der Waals surface area contributed by atoms with Gasteiger partial charge in [0.15, 0.2) is 5.78 Å². The summed E-state index contributed by atoms with van der Waals surface area (Å²) in [7, 11) is 0. The predicted octanol–water partition coefficient (Wildman–Crippen LogP) is 5.58. The molecule has 4 nitrogen and oxygen atoms in total. The number of aryl methyl sites for hydroxylation is 1. The van der Waals surface area contributed by atoms with Crippen molar-refractivity contribution < 1.29 is 18.8 Å². The Balaban J connectivity index is 2.10. The summed E-state index contributed by atoms with van der Waals surface area (Å²) in [6.45, 7) is 5.33. The summed E-state index contributed by atoms with van der Waals surface area (Å²) in [5.74, 6) is -4.50. The normalized spacial score (nSPS) is 12.8. The van der Waals surface area contributed by atoms with Gasteiger partial charge in [-0.05, 0) is 48.9 Å². The van der Waals surface area contributed by atoms with Crippen LogP contribution in [-0.2, 0) is 9.59 Å². The fourth-order valence-corrected chi connectivity index (χ4v) is 3.61. The SMILES string of the molecule is Cc1ccc(C(C(=O)c2ccc(F)cc2)C(C(=O)Nc2ccccc2)C(=O)C(C)C)cc1. The number of nitrogens with one attached hydrogen (secondary N) is 1. The molecule has 2 atom stereocenters. The Kier molecular flexibility index (Phi) is 7.31. The third-order valence-corrected chi connectivity index (χ3v) is 5.38. The zero-order valence-electron chi connectivity index (χ0n) is 18.3. The van der Waals surface area contributed by atoms with Crippen molar-refractivity contribution in [3.05, 3.63) is 101 Å². The van der Waals surface area contributed by atoms with Crippen LogP contribution in [0.4, 0.5) is 10.1 Å². The van der Waals surface area contributed by atoms with E-state index in [1.807, 2.05) is 25.1 Å². The molecule has 3 rings (SSSR count). The number of Topliss-reactive ketones (excluding diaryl/α,β-unsaturated/α-hetero) is 2. The fourth-order valence-electron chi connectivity index (χ4n) is 3.61. The highest BCUT2D eigenvalue weighted by molar-refractivity contribution is 6.14. The highest BCUT2D eigenvalue weighted by atomic mass is 19.1. The smallest absolute Gasteiger partial charge is 0.236 e. The quantitative estimate of drug-likeness (QED) is 0.374. The van der Waals surface area contributed by atoms with Gasteiger partial charge in [0.2, 0.25) is 5.91 Å². The molecule has 3 aromatic carbocycles. The van der Waals surface area contributed by atoms with Gasteiger partial charge < -0.3 is 5.32 Å². The van der Waals surface area contributed by atoms with Gasteiger partial charge in [-0.15, -0.1) is 0 Å². The van der Waals surface area contributed by atoms with Crippen LogP contribution in [0.25, 0.3) is 0 Å². The summed E-state index contributed by atoms with van der Waals surface area (Å²) in [6, 6.07) is 21.2. The highest BCUT2D eigenvalue weighted by Crippen LogP contribution is 2.33. The van der Waals surface area contributed by atoms with Crippen molar-refractivity contribution in [2.24, 2.45) is 11.8 Å². The van der Waals surface area contributed by atoms with Crippen LogP contribution in [0.5, 0.6) is 0 Å². The molecule has 0 bridgehead atoms. The highest BCUT2D eigenvalue weighted by Gasteiger charge is 2.41. The van der Waals surface area contributed by atoms with Gasteiger partial charge in [-0.2, -0.15) is 0 Å². The number of hydrogen-bond acceptors (Lipinski definition) is 3. The minimum Gasteiger partial charge on any atom is -0.325 e. The monoisotopic (exact) mass is 431 g/mol. The Bertz CT molecular complexity index is 1090. The minimum atomic E-state index is -1.24. The summed E-state index contributed by atoms with van der Waals surface area (Å²) < 4.78 is 13.5. The molecule has 0 saturated heterocycles. The molecular weight excluding hydrogens is 405 g/mol. The number of rotatable bonds is 8. The topological polar surface area (TPSA) is 63.2 Å². The van der Waals surface area contributed by atoms with E-state index in [1.54, 1.807) is 50.2 Å². The number of ketones is 2. The summed E-state index contributed by atoms with van der Waals surface area (Å²) in [6.07, 6.45) is 0. The van der Waals surface area contributed by atoms with Crippen LogP contribution < -0.4 is 5.32 Å². The largest absolute Gasteiger partial charge is 0.325 e. The number of carbonyl (C=O) groups excluding carboxylic acids is 3. The van der Waals surface area contributed by atoms with Crippen LogP contribution in [-0.4, -0.2) is 17.5 Å². The van der Waals surface area contributed by atoms with Gasteiger partial charge in [0.1, 0.15) is 17.5 Å². The number of carbonyl (C=O) groups is 3. The van der Waals surface area contributed by atoms with Gasteiger partial charge in [-0.3, -0.25) is 14.4 Å². The van der Waals surface area contributed by atoms with Gasteiger partial charge in [0, 0.05) is 17.2 Å². The molecule has 0 heterocycles. The summed E-state index contributed by atoms with van der Waals surface area (Å²) in [5, 5.41) is 2.78. The van der Waals surface area contributed by atoms with E-state index in [0.29, 0.717) is 11.3 Å². The maximum atomic E-state index is 13.6. The Morgan fingerprint density at radius 3 is 1.97 bits per heavy atom. The number of anilines is 1. The number of amides is 1. The molecule has 0 aromatic heterocycles. The average Bonchev–Trinajstić information content (AvgIpc) is 2.78. The zero-order valence-corrected chi connectivity index (χ0v) is 18.3. The van der Waals surface area contributed by atoms with E-state index in [-0.39, 0.29) is 11.3 Å². The Morgan fingerprint density at radius 2 is 1.41 bits per heavy atom. The van der Waals surface area contributed by atoms with E-state index in [0.717, 1.165) is 5.56 Å². The standard InChI is InChI=1S/C27H26FNO3/c1-17(2)25(30)24(27(32)29-22-7-5-4-6-8-22)23(19-11-9-18(3)10-12-19)26(31)20-13-15-21(28)16-14-20/h4-17,23-24H,1-3H3,(H,29,32). The third-order valence-electron chi connectivity index (χ3n) is 5.38. The van der Waals surface area contributed by atoms with E-state index >= 15 is 0 Å². The third kappa shape index (κ3) is 5.35. The van der Waals surface area contributed by atoms with Crippen molar-refractivity contribution in [2.75, 3.05) is 5.32 Å². The van der Waals surface area contributed by atoms with Crippen molar-refractivity contribution in [2.45, 2.75) is 26.7 Å². The van der Waals surface area contributed by atoms with Crippen LogP contribution >= 0.6 is 0 Å². The molecule has 5 heteroatoms. The second kappa shape index (κ2) is 10.1. The van der Waals surface area contributed by atoms with Gasteiger partial charge in [-0.1, -0.05) is 61.9 Å². The maximum Gasteiger partial charge on any atom is 0.236 e. The first kappa shape index (κ1) is 23.1. The van der Waals surface area contributed by atoms with Crippen molar-refractivity contribution in [3.8, 4) is 0 Å². The molecule has 0 spiro atoms. The second-order valence-electron chi connectivity index (χ2n) is 8.15. The molecule has 0 aliphatic carbocycles. The number of halogens is 1. The molecule has 0 fully saturated rings. The average molecular weight is 432 g/mol. The first-order valence-corrected chi connectivity index (χ1v) is 10.5. The van der Waals surface area contributed by atoms with E-state index in [9.17, 15) is 18.8 Å². The summed E-state index contributed by atoms with van der Waals surface area (Å²) >= 11 is 0. The van der Waals surface area contributed by atoms with Crippen molar-refractivity contribution in [3.63, 3.8) is 0 Å². The number of benzene rings is 3. The Labute approximate surface area is 187 Å². The molecule has 164 valence electrons. The van der Waals surface area contributed by atoms with Gasteiger partial charge in [0.25, 0.3) is 0 Å². The molecular formula is C27H26FNO3. The van der Waals surface area contributed by atoms with Crippen LogP contribution in [0.15, 0.2) is 78.9 Å². The fraction of sp³-hybridized carbons (Fsp3) is 0.222. The summed E-state index contributed by atoms with van der Waals surface area (Å²) in [5.41, 5.74) is 2.33. The van der Waals surface area contributed by atoms with Crippen molar-refractivity contribution >= 4 is 23.2 Å². The number of para-hydroxylation sites is 1. The Morgan fingerprint density at radius 1 is 0.812 bits per heavy atom. The lowest BCUT2D eigenvalue weighted by Crippen LogP contribution is -2.40. The van der Waals surface area contributed by atoms with Gasteiger partial charge in [-0.25, -0.2) is 4.39 Å². The van der Waals surface area contributed by atoms with Crippen LogP contribution in [0.2, 0.25) is 0 Å². The predicted molar refractivity (Wildman–Crippen MR) is 123 cm³/mol. The van der Waals surface area contributed by atoms with Crippen molar-refractivity contribution in [1.82, 2.24) is 0 Å². The molecule has 32 heavy (non-hydrogen) atoms. The van der Waals surface area contributed by atoms with Crippen LogP contribution in [0.3, 0.4) is 0 Å². The molecule has 0 radical (unpaired) electrons. The van der Waals surface area contributed by atoms with E-state index in [4.69, 9.17) is 0 Å². The van der Waals surface area contributed by atoms with E-state index < -0.39 is 35.3 Å².